The number of hydrogen-bond donors (Lipinski definition) is 0. The zero-order valence-corrected chi connectivity index (χ0v) is 24.4. The van der Waals surface area contributed by atoms with E-state index >= 15 is 0 Å². The third-order valence-electron chi connectivity index (χ3n) is 10.3. The molecule has 2 bridgehead atoms. The van der Waals surface area contributed by atoms with Crippen LogP contribution in [0, 0.1) is 5.92 Å². The van der Waals surface area contributed by atoms with Crippen LogP contribution in [0.5, 0.6) is 11.5 Å². The highest BCUT2D eigenvalue weighted by atomic mass is 16.5. The molecule has 6 nitrogen and oxygen atoms in total. The van der Waals surface area contributed by atoms with E-state index in [1.165, 1.54) is 18.1 Å². The highest BCUT2D eigenvalue weighted by molar-refractivity contribution is 5.92. The summed E-state index contributed by atoms with van der Waals surface area (Å²) < 4.78 is 12.7. The lowest BCUT2D eigenvalue weighted by molar-refractivity contribution is -0.135. The number of carbonyl (C=O) groups excluding carboxylic acids is 2. The molecule has 42 heavy (non-hydrogen) atoms. The van der Waals surface area contributed by atoms with Crippen LogP contribution in [0.4, 0.5) is 0 Å². The fourth-order valence-corrected chi connectivity index (χ4v) is 8.45. The standard InChI is InChI=1S/C36H38N2O4/c1-24(39)41-31-16-17-32-34-27(31)23-30-28-14-15-29(37(2)33(40)18-13-25-9-5-3-6-10-25)35(42-32)36(28,34)20-22-38(30)21-19-26-11-7-4-8-12-26/h3-13,16-18,28-30,35H,14-15,19-23H2,1-2H3/t28-,29+,30+,35-,36-/m0/s1. The molecule has 0 unspecified atom stereocenters. The summed E-state index contributed by atoms with van der Waals surface area (Å²) in [7, 11) is 1.92. The Bertz CT molecular complexity index is 1520. The molecule has 7 rings (SSSR count). The average molecular weight is 563 g/mol. The van der Waals surface area contributed by atoms with Crippen LogP contribution < -0.4 is 9.47 Å². The first-order chi connectivity index (χ1) is 20.5. The Morgan fingerprint density at radius 2 is 1.81 bits per heavy atom. The van der Waals surface area contributed by atoms with Crippen molar-refractivity contribution in [2.45, 2.75) is 62.6 Å². The Balaban J connectivity index is 1.22. The van der Waals surface area contributed by atoms with Crippen LogP contribution in [0.25, 0.3) is 6.08 Å². The van der Waals surface area contributed by atoms with Crippen LogP contribution in [0.15, 0.2) is 78.9 Å². The number of nitrogens with zero attached hydrogens (tertiary/aromatic N) is 2. The predicted octanol–water partition coefficient (Wildman–Crippen LogP) is 5.43. The van der Waals surface area contributed by atoms with Crippen molar-refractivity contribution in [2.24, 2.45) is 5.92 Å². The highest BCUT2D eigenvalue weighted by Crippen LogP contribution is 2.63. The number of benzene rings is 3. The molecule has 2 fully saturated rings. The number of esters is 1. The first-order valence-electron chi connectivity index (χ1n) is 15.2. The molecular weight excluding hydrogens is 524 g/mol. The lowest BCUT2D eigenvalue weighted by atomic mass is 9.51. The molecule has 0 radical (unpaired) electrons. The van der Waals surface area contributed by atoms with Gasteiger partial charge in [-0.25, -0.2) is 0 Å². The summed E-state index contributed by atoms with van der Waals surface area (Å²) in [6.07, 6.45) is 8.21. The van der Waals surface area contributed by atoms with Crippen molar-refractivity contribution < 1.29 is 19.1 Å². The van der Waals surface area contributed by atoms with Crippen molar-refractivity contribution in [1.29, 1.82) is 0 Å². The Hall–Kier alpha value is -3.90. The molecule has 6 heteroatoms. The number of likely N-dealkylation sites (tertiary alicyclic amines) is 1. The molecule has 0 N–H and O–H groups in total. The summed E-state index contributed by atoms with van der Waals surface area (Å²) in [5, 5.41) is 0. The summed E-state index contributed by atoms with van der Waals surface area (Å²) in [6.45, 7) is 3.45. The molecule has 1 spiro atoms. The van der Waals surface area contributed by atoms with Gasteiger partial charge in [0, 0.05) is 49.2 Å². The topological polar surface area (TPSA) is 59.1 Å². The highest BCUT2D eigenvalue weighted by Gasteiger charge is 2.66. The number of carbonyl (C=O) groups is 2. The second-order valence-corrected chi connectivity index (χ2v) is 12.3. The van der Waals surface area contributed by atoms with Crippen molar-refractivity contribution in [3.63, 3.8) is 0 Å². The van der Waals surface area contributed by atoms with Gasteiger partial charge in [0.15, 0.2) is 0 Å². The van der Waals surface area contributed by atoms with E-state index in [9.17, 15) is 9.59 Å². The molecule has 2 heterocycles. The molecule has 1 amide bonds. The maximum absolute atomic E-state index is 13.5. The Labute approximate surface area is 247 Å². The number of rotatable bonds is 7. The van der Waals surface area contributed by atoms with Crippen LogP contribution >= 0.6 is 0 Å². The van der Waals surface area contributed by atoms with Crippen molar-refractivity contribution in [3.05, 3.63) is 101 Å². The van der Waals surface area contributed by atoms with Gasteiger partial charge in [0.2, 0.25) is 5.91 Å². The molecule has 4 aliphatic rings. The van der Waals surface area contributed by atoms with Crippen molar-refractivity contribution in [3.8, 4) is 11.5 Å². The van der Waals surface area contributed by atoms with E-state index in [4.69, 9.17) is 9.47 Å². The summed E-state index contributed by atoms with van der Waals surface area (Å²) in [5.74, 6) is 1.68. The number of hydrogen-bond acceptors (Lipinski definition) is 5. The van der Waals surface area contributed by atoms with Gasteiger partial charge in [0.05, 0.1) is 6.04 Å². The summed E-state index contributed by atoms with van der Waals surface area (Å²) in [6, 6.07) is 24.8. The maximum atomic E-state index is 13.5. The monoisotopic (exact) mass is 562 g/mol. The van der Waals surface area contributed by atoms with Gasteiger partial charge in [-0.1, -0.05) is 60.7 Å². The first-order valence-corrected chi connectivity index (χ1v) is 15.2. The van der Waals surface area contributed by atoms with Crippen LogP contribution in [0.2, 0.25) is 0 Å². The first kappa shape index (κ1) is 27.0. The summed E-state index contributed by atoms with van der Waals surface area (Å²) >= 11 is 0. The fourth-order valence-electron chi connectivity index (χ4n) is 8.45. The predicted molar refractivity (Wildman–Crippen MR) is 162 cm³/mol. The van der Waals surface area contributed by atoms with E-state index in [-0.39, 0.29) is 29.4 Å². The normalized spacial score (nSPS) is 27.3. The minimum absolute atomic E-state index is 0.00765. The molecule has 216 valence electrons. The number of piperidine rings is 1. The Morgan fingerprint density at radius 3 is 2.57 bits per heavy atom. The van der Waals surface area contributed by atoms with E-state index in [1.54, 1.807) is 6.08 Å². The molecular formula is C36H38N2O4. The van der Waals surface area contributed by atoms with Crippen LogP contribution in [0.3, 0.4) is 0 Å². The van der Waals surface area contributed by atoms with Gasteiger partial charge in [0.1, 0.15) is 17.6 Å². The molecule has 5 atom stereocenters. The molecule has 1 saturated heterocycles. The molecule has 3 aromatic rings. The largest absolute Gasteiger partial charge is 0.487 e. The lowest BCUT2D eigenvalue weighted by Crippen LogP contribution is -2.69. The third-order valence-corrected chi connectivity index (χ3v) is 10.3. The third kappa shape index (κ3) is 4.44. The molecule has 1 saturated carbocycles. The van der Waals surface area contributed by atoms with Crippen LogP contribution in [-0.2, 0) is 27.8 Å². The molecule has 2 aliphatic carbocycles. The number of amides is 1. The average Bonchev–Trinajstić information content (AvgIpc) is 3.34. The van der Waals surface area contributed by atoms with Gasteiger partial charge in [0.25, 0.3) is 0 Å². The Kier molecular flexibility index (Phi) is 6.89. The van der Waals surface area contributed by atoms with E-state index in [2.05, 4.69) is 35.2 Å². The maximum Gasteiger partial charge on any atom is 0.308 e. The van der Waals surface area contributed by atoms with Crippen LogP contribution in [-0.4, -0.2) is 60.0 Å². The van der Waals surface area contributed by atoms with Gasteiger partial charge in [-0.15, -0.1) is 0 Å². The molecule has 0 aromatic heterocycles. The van der Waals surface area contributed by atoms with Gasteiger partial charge in [-0.05, 0) is 73.9 Å². The second kappa shape index (κ2) is 10.7. The van der Waals surface area contributed by atoms with Crippen molar-refractivity contribution >= 4 is 18.0 Å². The van der Waals surface area contributed by atoms with Gasteiger partial charge in [-0.2, -0.15) is 0 Å². The zero-order valence-electron chi connectivity index (χ0n) is 24.4. The van der Waals surface area contributed by atoms with Gasteiger partial charge in [-0.3, -0.25) is 14.5 Å². The second-order valence-electron chi connectivity index (χ2n) is 12.3. The number of ether oxygens (including phenoxy) is 2. The minimum atomic E-state index is -0.301. The van der Waals surface area contributed by atoms with E-state index in [0.29, 0.717) is 17.7 Å². The summed E-state index contributed by atoms with van der Waals surface area (Å²) in [5.41, 5.74) is 4.52. The van der Waals surface area contributed by atoms with E-state index in [0.717, 1.165) is 62.1 Å². The van der Waals surface area contributed by atoms with E-state index < -0.39 is 0 Å². The van der Waals surface area contributed by atoms with Gasteiger partial charge < -0.3 is 14.4 Å². The smallest absolute Gasteiger partial charge is 0.308 e. The minimum Gasteiger partial charge on any atom is -0.487 e. The van der Waals surface area contributed by atoms with Crippen LogP contribution in [0.1, 0.15) is 48.4 Å². The van der Waals surface area contributed by atoms with Gasteiger partial charge >= 0.3 is 5.97 Å². The van der Waals surface area contributed by atoms with Crippen molar-refractivity contribution in [2.75, 3.05) is 20.1 Å². The number of likely N-dealkylation sites (N-methyl/N-ethyl adjacent to an activating group) is 1. The summed E-state index contributed by atoms with van der Waals surface area (Å²) in [4.78, 5) is 30.2. The fraction of sp³-hybridized carbons (Fsp3) is 0.389. The lowest BCUT2D eigenvalue weighted by Gasteiger charge is -2.60. The zero-order chi connectivity index (χ0) is 28.8. The molecule has 2 aliphatic heterocycles. The quantitative estimate of drug-likeness (QED) is 0.218. The molecule has 3 aromatic carbocycles. The van der Waals surface area contributed by atoms with Crippen molar-refractivity contribution in [1.82, 2.24) is 9.80 Å². The Morgan fingerprint density at radius 1 is 1.05 bits per heavy atom. The SMILES string of the molecule is CC(=O)Oc1ccc2c3c1C[C@@H]1[C@@H]4CC[C@@H](N(C)C(=O)C=Cc5ccccc5)[C@H](O2)[C@]34CCN1CCc1ccccc1. The van der Waals surface area contributed by atoms with E-state index in [1.807, 2.05) is 60.5 Å².